The van der Waals surface area contributed by atoms with Crippen LogP contribution in [0.4, 0.5) is 14.6 Å². The number of rotatable bonds is 4. The summed E-state index contributed by atoms with van der Waals surface area (Å²) in [6, 6.07) is 5.30. The summed E-state index contributed by atoms with van der Waals surface area (Å²) >= 11 is 0. The molecule has 0 aliphatic carbocycles. The summed E-state index contributed by atoms with van der Waals surface area (Å²) in [5.74, 6) is -0.444. The predicted octanol–water partition coefficient (Wildman–Crippen LogP) is 4.06. The van der Waals surface area contributed by atoms with E-state index in [9.17, 15) is 8.78 Å². The number of benzene rings is 1. The molecular weight excluding hydrogens is 414 g/mol. The number of halogens is 2. The van der Waals surface area contributed by atoms with Gasteiger partial charge in [-0.3, -0.25) is 9.67 Å². The van der Waals surface area contributed by atoms with Gasteiger partial charge in [0, 0.05) is 56.5 Å². The number of piperidine rings is 1. The van der Waals surface area contributed by atoms with E-state index in [0.717, 1.165) is 39.9 Å². The third-order valence-corrected chi connectivity index (χ3v) is 5.58. The molecule has 1 aliphatic rings. The lowest BCUT2D eigenvalue weighted by Gasteiger charge is -2.33. The summed E-state index contributed by atoms with van der Waals surface area (Å²) in [5, 5.41) is 4.28. The lowest BCUT2D eigenvalue weighted by Crippen LogP contribution is -2.39. The number of fused-ring (bicyclic) bond motifs is 1. The fourth-order valence-electron chi connectivity index (χ4n) is 3.94. The van der Waals surface area contributed by atoms with Crippen LogP contribution in [0.2, 0.25) is 0 Å². The fraction of sp³-hybridized carbons (Fsp3) is 0.304. The van der Waals surface area contributed by atoms with Crippen molar-refractivity contribution in [2.24, 2.45) is 7.05 Å². The number of aromatic nitrogens is 5. The Kier molecular flexibility index (Phi) is 5.16. The quantitative estimate of drug-likeness (QED) is 0.481. The largest absolute Gasteiger partial charge is 0.487 e. The van der Waals surface area contributed by atoms with Crippen LogP contribution in [0.3, 0.4) is 0 Å². The van der Waals surface area contributed by atoms with Crippen LogP contribution in [0, 0.1) is 18.6 Å². The minimum atomic E-state index is -0.685. The molecule has 1 aromatic carbocycles. The molecule has 0 saturated carbocycles. The van der Waals surface area contributed by atoms with E-state index in [4.69, 9.17) is 14.7 Å². The monoisotopic (exact) mass is 436 g/mol. The molecule has 0 atom stereocenters. The van der Waals surface area contributed by atoms with Gasteiger partial charge < -0.3 is 9.64 Å². The van der Waals surface area contributed by atoms with E-state index in [1.165, 1.54) is 12.1 Å². The molecule has 0 N–H and O–H groups in total. The highest BCUT2D eigenvalue weighted by molar-refractivity contribution is 5.83. The minimum Gasteiger partial charge on any atom is -0.487 e. The van der Waals surface area contributed by atoms with Gasteiger partial charge in [-0.05, 0) is 25.1 Å². The first kappa shape index (κ1) is 20.3. The smallest absolute Gasteiger partial charge is 0.167 e. The van der Waals surface area contributed by atoms with Gasteiger partial charge in [-0.15, -0.1) is 0 Å². The zero-order valence-electron chi connectivity index (χ0n) is 17.8. The number of pyridine rings is 1. The Bertz CT molecular complexity index is 1280. The molecule has 1 aliphatic heterocycles. The van der Waals surface area contributed by atoms with Crippen LogP contribution in [0.1, 0.15) is 18.5 Å². The summed E-state index contributed by atoms with van der Waals surface area (Å²) in [6.45, 7) is 3.27. The van der Waals surface area contributed by atoms with Gasteiger partial charge in [0.2, 0.25) is 0 Å². The minimum absolute atomic E-state index is 0.0781. The van der Waals surface area contributed by atoms with Gasteiger partial charge >= 0.3 is 0 Å². The highest BCUT2D eigenvalue weighted by Crippen LogP contribution is 2.32. The molecule has 1 saturated heterocycles. The van der Waals surface area contributed by atoms with Crippen molar-refractivity contribution >= 4 is 16.9 Å². The zero-order chi connectivity index (χ0) is 22.2. The van der Waals surface area contributed by atoms with Crippen molar-refractivity contribution in [2.45, 2.75) is 25.9 Å². The van der Waals surface area contributed by atoms with Crippen LogP contribution in [0.25, 0.3) is 22.3 Å². The molecule has 0 unspecified atom stereocenters. The second-order valence-corrected chi connectivity index (χ2v) is 7.99. The van der Waals surface area contributed by atoms with E-state index >= 15 is 0 Å². The topological polar surface area (TPSA) is 69.0 Å². The zero-order valence-corrected chi connectivity index (χ0v) is 17.8. The first-order chi connectivity index (χ1) is 15.5. The molecule has 1 fully saturated rings. The van der Waals surface area contributed by atoms with Crippen molar-refractivity contribution in [3.8, 4) is 17.0 Å². The van der Waals surface area contributed by atoms with Crippen molar-refractivity contribution < 1.29 is 13.5 Å². The van der Waals surface area contributed by atoms with E-state index < -0.39 is 11.6 Å². The van der Waals surface area contributed by atoms with Crippen LogP contribution in [-0.2, 0) is 7.05 Å². The van der Waals surface area contributed by atoms with Crippen molar-refractivity contribution in [3.63, 3.8) is 0 Å². The summed E-state index contributed by atoms with van der Waals surface area (Å²) < 4.78 is 34.7. The van der Waals surface area contributed by atoms with E-state index in [1.807, 2.05) is 26.2 Å². The Balaban J connectivity index is 1.41. The highest BCUT2D eigenvalue weighted by atomic mass is 19.1. The second kappa shape index (κ2) is 8.14. The third kappa shape index (κ3) is 3.98. The number of nitrogens with zero attached hydrogens (tertiary/aromatic N) is 6. The van der Waals surface area contributed by atoms with Gasteiger partial charge in [-0.2, -0.15) is 5.10 Å². The summed E-state index contributed by atoms with van der Waals surface area (Å²) in [7, 11) is 1.86. The molecule has 4 aromatic rings. The summed E-state index contributed by atoms with van der Waals surface area (Å²) in [6.07, 6.45) is 6.62. The second-order valence-electron chi connectivity index (χ2n) is 7.99. The number of ether oxygens (including phenoxy) is 1. The molecule has 7 nitrogen and oxygen atoms in total. The molecule has 9 heteroatoms. The van der Waals surface area contributed by atoms with Crippen molar-refractivity contribution in [3.05, 3.63) is 60.2 Å². The van der Waals surface area contributed by atoms with Gasteiger partial charge in [-0.1, -0.05) is 0 Å². The summed E-state index contributed by atoms with van der Waals surface area (Å²) in [4.78, 5) is 16.3. The average Bonchev–Trinajstić information content (AvgIpc) is 3.21. The molecule has 3 aromatic heterocycles. The molecule has 4 heterocycles. The number of aryl methyl sites for hydroxylation is 2. The molecule has 0 amide bonds. The van der Waals surface area contributed by atoms with E-state index in [1.54, 1.807) is 17.1 Å². The van der Waals surface area contributed by atoms with E-state index in [-0.39, 0.29) is 11.9 Å². The third-order valence-electron chi connectivity index (χ3n) is 5.58. The molecule has 32 heavy (non-hydrogen) atoms. The lowest BCUT2D eigenvalue weighted by atomic mass is 10.1. The van der Waals surface area contributed by atoms with Gasteiger partial charge in [0.1, 0.15) is 23.1 Å². The maximum atomic E-state index is 14.0. The van der Waals surface area contributed by atoms with Crippen LogP contribution < -0.4 is 9.64 Å². The standard InChI is InChI=1S/C23H22F2N6O/c1-14-9-19-20(12-26-14)28-22(15-11-27-30(2)13-15)23(29-19)31-7-5-17(6-8-31)32-21-4-3-16(24)10-18(21)25/h3-4,9-13,17H,5-8H2,1-2H3. The molecular formula is C23H22F2N6O. The summed E-state index contributed by atoms with van der Waals surface area (Å²) in [5.41, 5.74) is 4.01. The Morgan fingerprint density at radius 3 is 2.56 bits per heavy atom. The van der Waals surface area contributed by atoms with Crippen LogP contribution >= 0.6 is 0 Å². The van der Waals surface area contributed by atoms with Gasteiger partial charge in [0.15, 0.2) is 17.4 Å². The average molecular weight is 436 g/mol. The molecule has 0 spiro atoms. The van der Waals surface area contributed by atoms with Crippen molar-refractivity contribution in [1.82, 2.24) is 24.7 Å². The van der Waals surface area contributed by atoms with Gasteiger partial charge in [0.25, 0.3) is 0 Å². The number of hydrogen-bond acceptors (Lipinski definition) is 6. The lowest BCUT2D eigenvalue weighted by molar-refractivity contribution is 0.163. The van der Waals surface area contributed by atoms with Crippen molar-refractivity contribution in [1.29, 1.82) is 0 Å². The van der Waals surface area contributed by atoms with Crippen LogP contribution in [0.5, 0.6) is 5.75 Å². The van der Waals surface area contributed by atoms with Crippen LogP contribution in [0.15, 0.2) is 42.9 Å². The maximum absolute atomic E-state index is 14.0. The molecule has 164 valence electrons. The van der Waals surface area contributed by atoms with Crippen LogP contribution in [-0.4, -0.2) is 43.9 Å². The number of anilines is 1. The Morgan fingerprint density at radius 2 is 1.84 bits per heavy atom. The Hall–Kier alpha value is -3.62. The first-order valence-electron chi connectivity index (χ1n) is 10.5. The number of hydrogen-bond donors (Lipinski definition) is 0. The first-order valence-corrected chi connectivity index (χ1v) is 10.5. The fourth-order valence-corrected chi connectivity index (χ4v) is 3.94. The normalized spacial score (nSPS) is 14.8. The van der Waals surface area contributed by atoms with E-state index in [0.29, 0.717) is 25.9 Å². The maximum Gasteiger partial charge on any atom is 0.167 e. The Labute approximate surface area is 183 Å². The van der Waals surface area contributed by atoms with Gasteiger partial charge in [-0.25, -0.2) is 18.7 Å². The SMILES string of the molecule is Cc1cc2nc(N3CCC(Oc4ccc(F)cc4F)CC3)c(-c3cnn(C)c3)nc2cn1. The molecule has 5 rings (SSSR count). The molecule has 0 bridgehead atoms. The van der Waals surface area contributed by atoms with Gasteiger partial charge in [0.05, 0.1) is 17.9 Å². The predicted molar refractivity (Wildman–Crippen MR) is 116 cm³/mol. The molecule has 0 radical (unpaired) electrons. The Morgan fingerprint density at radius 1 is 1.03 bits per heavy atom. The van der Waals surface area contributed by atoms with Crippen molar-refractivity contribution in [2.75, 3.05) is 18.0 Å². The highest BCUT2D eigenvalue weighted by Gasteiger charge is 2.26. The van der Waals surface area contributed by atoms with E-state index in [2.05, 4.69) is 15.0 Å².